The molecule has 0 radical (unpaired) electrons. The van der Waals surface area contributed by atoms with Gasteiger partial charge in [-0.2, -0.15) is 33.3 Å². The maximum Gasteiger partial charge on any atom is 0.457 e. The quantitative estimate of drug-likeness (QED) is 0.879. The third-order valence-electron chi connectivity index (χ3n) is 2.85. The van der Waals surface area contributed by atoms with E-state index < -0.39 is 28.8 Å². The summed E-state index contributed by atoms with van der Waals surface area (Å²) < 4.78 is 65.7. The van der Waals surface area contributed by atoms with Gasteiger partial charge < -0.3 is 5.11 Å². The van der Waals surface area contributed by atoms with Crippen LogP contribution in [0.15, 0.2) is 41.4 Å². The number of hydrogen-bond acceptors (Lipinski definition) is 3. The first-order valence-corrected chi connectivity index (χ1v) is 6.25. The zero-order chi connectivity index (χ0) is 15.0. The van der Waals surface area contributed by atoms with Gasteiger partial charge in [-0.25, -0.2) is 0 Å². The lowest BCUT2D eigenvalue weighted by molar-refractivity contribution is -0.336. The van der Waals surface area contributed by atoms with Crippen LogP contribution in [-0.4, -0.2) is 22.2 Å². The highest BCUT2D eigenvalue weighted by Gasteiger charge is 2.71. The Morgan fingerprint density at radius 3 is 2.00 bits per heavy atom. The van der Waals surface area contributed by atoms with Crippen molar-refractivity contribution in [2.75, 3.05) is 0 Å². The van der Waals surface area contributed by atoms with E-state index in [2.05, 4.69) is 4.98 Å². The molecule has 0 spiro atoms. The monoisotopic (exact) mass is 309 g/mol. The minimum atomic E-state index is -5.90. The molecule has 2 rings (SSSR count). The highest BCUT2D eigenvalue weighted by molar-refractivity contribution is 7.08. The summed E-state index contributed by atoms with van der Waals surface area (Å²) in [6.07, 6.45) is -3.81. The molecule has 0 fully saturated rings. The van der Waals surface area contributed by atoms with E-state index in [1.54, 1.807) is 0 Å². The minimum Gasteiger partial charge on any atom is -0.374 e. The van der Waals surface area contributed by atoms with Crippen molar-refractivity contribution in [2.24, 2.45) is 0 Å². The first-order valence-electron chi connectivity index (χ1n) is 5.31. The molecule has 1 N–H and O–H groups in total. The number of hydrogen-bond donors (Lipinski definition) is 1. The highest BCUT2D eigenvalue weighted by atomic mass is 32.1. The van der Waals surface area contributed by atoms with Crippen LogP contribution in [0.2, 0.25) is 0 Å². The fourth-order valence-electron chi connectivity index (χ4n) is 1.80. The van der Waals surface area contributed by atoms with Gasteiger partial charge in [-0.1, -0.05) is 0 Å². The SMILES string of the molecule is OC(c1ccncc1)(c1ccsc1)C(F)(F)C(F)(F)F. The number of halogens is 5. The normalized spacial score (nSPS) is 15.9. The molecule has 0 bridgehead atoms. The van der Waals surface area contributed by atoms with Crippen LogP contribution in [-0.2, 0) is 5.60 Å². The Hall–Kier alpha value is -1.54. The molecule has 0 amide bonds. The van der Waals surface area contributed by atoms with Gasteiger partial charge in [0.05, 0.1) is 0 Å². The Labute approximate surface area is 114 Å². The number of thiophene rings is 1. The second kappa shape index (κ2) is 4.78. The summed E-state index contributed by atoms with van der Waals surface area (Å²) >= 11 is 0.912. The van der Waals surface area contributed by atoms with E-state index >= 15 is 0 Å². The molecule has 0 aliphatic heterocycles. The van der Waals surface area contributed by atoms with Crippen molar-refractivity contribution in [3.8, 4) is 0 Å². The second-order valence-electron chi connectivity index (χ2n) is 4.03. The Morgan fingerprint density at radius 1 is 0.950 bits per heavy atom. The molecule has 0 saturated heterocycles. The molecule has 1 unspecified atom stereocenters. The molecule has 0 saturated carbocycles. The van der Waals surface area contributed by atoms with Crippen molar-refractivity contribution in [2.45, 2.75) is 17.7 Å². The van der Waals surface area contributed by atoms with E-state index in [0.29, 0.717) is 0 Å². The summed E-state index contributed by atoms with van der Waals surface area (Å²) in [5.74, 6) is -5.34. The van der Waals surface area contributed by atoms with Gasteiger partial charge >= 0.3 is 12.1 Å². The lowest BCUT2D eigenvalue weighted by atomic mass is 9.82. The fourth-order valence-corrected chi connectivity index (χ4v) is 2.50. The van der Waals surface area contributed by atoms with Crippen LogP contribution >= 0.6 is 11.3 Å². The lowest BCUT2D eigenvalue weighted by Crippen LogP contribution is -2.55. The van der Waals surface area contributed by atoms with Gasteiger partial charge in [0.2, 0.25) is 0 Å². The van der Waals surface area contributed by atoms with Gasteiger partial charge in [0.1, 0.15) is 0 Å². The van der Waals surface area contributed by atoms with Gasteiger partial charge in [0, 0.05) is 18.0 Å². The van der Waals surface area contributed by atoms with Crippen molar-refractivity contribution in [1.82, 2.24) is 4.98 Å². The smallest absolute Gasteiger partial charge is 0.374 e. The molecule has 2 nitrogen and oxygen atoms in total. The molecule has 0 aliphatic rings. The zero-order valence-corrected chi connectivity index (χ0v) is 10.6. The molecule has 8 heteroatoms. The largest absolute Gasteiger partial charge is 0.457 e. The van der Waals surface area contributed by atoms with Gasteiger partial charge in [-0.05, 0) is 34.5 Å². The van der Waals surface area contributed by atoms with Crippen molar-refractivity contribution < 1.29 is 27.1 Å². The third kappa shape index (κ3) is 2.08. The molecule has 20 heavy (non-hydrogen) atoms. The number of rotatable bonds is 3. The average molecular weight is 309 g/mol. The first kappa shape index (κ1) is 14.9. The zero-order valence-electron chi connectivity index (χ0n) is 9.73. The van der Waals surface area contributed by atoms with E-state index in [-0.39, 0.29) is 0 Å². The number of alkyl halides is 5. The average Bonchev–Trinajstić information content (AvgIpc) is 2.91. The van der Waals surface area contributed by atoms with Gasteiger partial charge in [0.25, 0.3) is 0 Å². The van der Waals surface area contributed by atoms with Crippen molar-refractivity contribution >= 4 is 11.3 Å². The standard InChI is InChI=1S/C12H8F5NOS/c13-11(14,12(15,16)17)10(19,9-3-6-20-7-9)8-1-4-18-5-2-8/h1-7,19H. The maximum absolute atomic E-state index is 13.8. The lowest BCUT2D eigenvalue weighted by Gasteiger charge is -2.36. The van der Waals surface area contributed by atoms with Crippen molar-refractivity contribution in [1.29, 1.82) is 0 Å². The number of aliphatic hydroxyl groups is 1. The Balaban J connectivity index is 2.69. The predicted molar refractivity (Wildman–Crippen MR) is 62.6 cm³/mol. The molecular weight excluding hydrogens is 301 g/mol. The molecule has 0 aliphatic carbocycles. The van der Waals surface area contributed by atoms with Crippen molar-refractivity contribution in [3.63, 3.8) is 0 Å². The van der Waals surface area contributed by atoms with Crippen LogP contribution < -0.4 is 0 Å². The van der Waals surface area contributed by atoms with E-state index in [4.69, 9.17) is 0 Å². The van der Waals surface area contributed by atoms with Crippen LogP contribution in [0, 0.1) is 0 Å². The molecular formula is C12H8F5NOS. The Morgan fingerprint density at radius 2 is 1.55 bits per heavy atom. The van der Waals surface area contributed by atoms with Crippen LogP contribution in [0.25, 0.3) is 0 Å². The minimum absolute atomic E-state index is 0.518. The summed E-state index contributed by atoms with van der Waals surface area (Å²) in [5, 5.41) is 12.6. The van der Waals surface area contributed by atoms with Crippen LogP contribution in [0.3, 0.4) is 0 Å². The third-order valence-corrected chi connectivity index (χ3v) is 3.53. The van der Waals surface area contributed by atoms with Crippen molar-refractivity contribution in [3.05, 3.63) is 52.5 Å². The molecule has 0 aromatic carbocycles. The number of nitrogens with zero attached hydrogens (tertiary/aromatic N) is 1. The molecule has 1 atom stereocenters. The van der Waals surface area contributed by atoms with E-state index in [1.807, 2.05) is 0 Å². The topological polar surface area (TPSA) is 33.1 Å². The summed E-state index contributed by atoms with van der Waals surface area (Å²) in [6.45, 7) is 0. The van der Waals surface area contributed by atoms with Crippen LogP contribution in [0.5, 0.6) is 0 Å². The van der Waals surface area contributed by atoms with E-state index in [1.165, 1.54) is 5.38 Å². The Bertz CT molecular complexity index is 569. The molecule has 2 heterocycles. The summed E-state index contributed by atoms with van der Waals surface area (Å²) in [4.78, 5) is 3.55. The van der Waals surface area contributed by atoms with Gasteiger partial charge in [-0.3, -0.25) is 4.98 Å². The first-order chi connectivity index (χ1) is 9.21. The van der Waals surface area contributed by atoms with Crippen LogP contribution in [0.1, 0.15) is 11.1 Å². The number of pyridine rings is 1. The summed E-state index contributed by atoms with van der Waals surface area (Å²) in [7, 11) is 0. The van der Waals surface area contributed by atoms with Gasteiger partial charge in [-0.15, -0.1) is 0 Å². The molecule has 2 aromatic heterocycles. The summed E-state index contributed by atoms with van der Waals surface area (Å²) in [5.41, 5.74) is -4.59. The predicted octanol–water partition coefficient (Wildman–Crippen LogP) is 3.58. The fraction of sp³-hybridized carbons (Fsp3) is 0.250. The summed E-state index contributed by atoms with van der Waals surface area (Å²) in [6, 6.07) is 2.89. The van der Waals surface area contributed by atoms with Gasteiger partial charge in [0.15, 0.2) is 5.60 Å². The highest BCUT2D eigenvalue weighted by Crippen LogP contribution is 2.51. The van der Waals surface area contributed by atoms with Crippen LogP contribution in [0.4, 0.5) is 22.0 Å². The second-order valence-corrected chi connectivity index (χ2v) is 4.81. The molecule has 108 valence electrons. The van der Waals surface area contributed by atoms with E-state index in [9.17, 15) is 27.1 Å². The number of aromatic nitrogens is 1. The Kier molecular flexibility index (Phi) is 3.55. The maximum atomic E-state index is 13.8. The molecule has 2 aromatic rings. The van der Waals surface area contributed by atoms with E-state index in [0.717, 1.165) is 47.3 Å².